The van der Waals surface area contributed by atoms with Gasteiger partial charge in [-0.2, -0.15) is 29.4 Å². The third-order valence-electron chi connectivity index (χ3n) is 9.36. The van der Waals surface area contributed by atoms with E-state index in [9.17, 15) is 22.7 Å². The Balaban J connectivity index is 0.000000160. The van der Waals surface area contributed by atoms with E-state index in [0.717, 1.165) is 36.4 Å². The minimum atomic E-state index is -0.770. The van der Waals surface area contributed by atoms with E-state index in [1.807, 2.05) is 39.8 Å². The standard InChI is InChI=1S/C19H19F2N7O.C19H17F2N7/c1-10(2)19-24-23-15-6-5-14(25-28(15)19)16-17(26-27(7-8-29)18(16)22)12-4-3-11(20)9-13(12)21;1-10(2)18-24-23-15-6-5-14(25-28(15)18)16-17(26-27-8-7-22-19(16)27)12-4-3-11(20)9-13(12)21/h3-6,9-10,29H,7-8,22H2,1-2H3;3-6,9-10,22H,7-8H2,1-2H3. The molecule has 4 N–H and O–H groups in total. The maximum Gasteiger partial charge on any atom is 0.177 e. The van der Waals surface area contributed by atoms with E-state index in [-0.39, 0.29) is 47.6 Å². The number of nitrogen functional groups attached to an aromatic ring is 1. The summed E-state index contributed by atoms with van der Waals surface area (Å²) >= 11 is 0. The summed E-state index contributed by atoms with van der Waals surface area (Å²) in [5, 5.41) is 47.4. The van der Waals surface area contributed by atoms with Crippen molar-refractivity contribution in [1.29, 1.82) is 0 Å². The highest BCUT2D eigenvalue weighted by Crippen LogP contribution is 2.40. The molecule has 0 unspecified atom stereocenters. The molecule has 0 atom stereocenters. The molecule has 7 heterocycles. The Morgan fingerprint density at radius 1 is 0.684 bits per heavy atom. The number of rotatable bonds is 8. The lowest BCUT2D eigenvalue weighted by Crippen LogP contribution is -2.08. The molecule has 0 saturated carbocycles. The van der Waals surface area contributed by atoms with Gasteiger partial charge in [0.1, 0.15) is 46.3 Å². The van der Waals surface area contributed by atoms with Crippen LogP contribution in [0.15, 0.2) is 60.7 Å². The van der Waals surface area contributed by atoms with E-state index >= 15 is 0 Å². The molecule has 57 heavy (non-hydrogen) atoms. The van der Waals surface area contributed by atoms with Crippen LogP contribution >= 0.6 is 0 Å². The minimum absolute atomic E-state index is 0.0798. The zero-order valence-electron chi connectivity index (χ0n) is 31.2. The summed E-state index contributed by atoms with van der Waals surface area (Å²) in [5.41, 5.74) is 10.5. The number of aliphatic hydroxyl groups is 1. The highest BCUT2D eigenvalue weighted by molar-refractivity contribution is 5.89. The number of hydrogen-bond donors (Lipinski definition) is 3. The van der Waals surface area contributed by atoms with Crippen molar-refractivity contribution in [3.8, 4) is 45.0 Å². The van der Waals surface area contributed by atoms with Crippen LogP contribution in [0.1, 0.15) is 51.2 Å². The van der Waals surface area contributed by atoms with Crippen molar-refractivity contribution in [3.05, 3.63) is 95.6 Å². The van der Waals surface area contributed by atoms with Crippen LogP contribution in [0.2, 0.25) is 0 Å². The van der Waals surface area contributed by atoms with E-state index in [4.69, 9.17) is 10.8 Å². The van der Waals surface area contributed by atoms with Gasteiger partial charge in [-0.15, -0.1) is 20.4 Å². The van der Waals surface area contributed by atoms with Crippen molar-refractivity contribution in [3.63, 3.8) is 0 Å². The first-order valence-corrected chi connectivity index (χ1v) is 18.1. The number of anilines is 2. The van der Waals surface area contributed by atoms with Crippen molar-refractivity contribution in [2.24, 2.45) is 0 Å². The van der Waals surface area contributed by atoms with Crippen LogP contribution in [-0.2, 0) is 13.1 Å². The molecule has 19 heteroatoms. The number of nitrogens with two attached hydrogens (primary N) is 1. The fraction of sp³-hybridized carbons (Fsp3) is 0.263. The van der Waals surface area contributed by atoms with Crippen LogP contribution in [0.3, 0.4) is 0 Å². The number of benzene rings is 2. The molecule has 0 radical (unpaired) electrons. The van der Waals surface area contributed by atoms with E-state index in [1.165, 1.54) is 22.9 Å². The molecule has 0 fully saturated rings. The minimum Gasteiger partial charge on any atom is -0.394 e. The van der Waals surface area contributed by atoms with Gasteiger partial charge in [0.15, 0.2) is 22.9 Å². The highest BCUT2D eigenvalue weighted by Gasteiger charge is 2.28. The first-order valence-electron chi connectivity index (χ1n) is 18.1. The predicted octanol–water partition coefficient (Wildman–Crippen LogP) is 6.11. The monoisotopic (exact) mass is 780 g/mol. The maximum atomic E-state index is 14.5. The third kappa shape index (κ3) is 6.68. The summed E-state index contributed by atoms with van der Waals surface area (Å²) in [7, 11) is 0. The zero-order valence-corrected chi connectivity index (χ0v) is 31.2. The van der Waals surface area contributed by atoms with Crippen LogP contribution in [-0.4, -0.2) is 77.4 Å². The molecule has 2 aromatic carbocycles. The Morgan fingerprint density at radius 2 is 1.21 bits per heavy atom. The first-order chi connectivity index (χ1) is 27.4. The summed E-state index contributed by atoms with van der Waals surface area (Å²) in [6.45, 7) is 9.28. The average Bonchev–Trinajstić information content (AvgIpc) is 4.00. The van der Waals surface area contributed by atoms with Crippen molar-refractivity contribution >= 4 is 22.9 Å². The smallest absolute Gasteiger partial charge is 0.177 e. The van der Waals surface area contributed by atoms with Crippen LogP contribution in [0.4, 0.5) is 29.2 Å². The lowest BCUT2D eigenvalue weighted by atomic mass is 10.0. The molecule has 9 rings (SSSR count). The number of hydrogen-bond acceptors (Lipinski definition) is 11. The van der Waals surface area contributed by atoms with Gasteiger partial charge in [-0.25, -0.2) is 26.9 Å². The Labute approximate surface area is 321 Å². The van der Waals surface area contributed by atoms with E-state index in [0.29, 0.717) is 51.9 Å². The van der Waals surface area contributed by atoms with Crippen LogP contribution < -0.4 is 11.1 Å². The van der Waals surface area contributed by atoms with Gasteiger partial charge in [-0.05, 0) is 48.5 Å². The van der Waals surface area contributed by atoms with E-state index < -0.39 is 23.3 Å². The van der Waals surface area contributed by atoms with Crippen molar-refractivity contribution in [2.45, 2.75) is 52.6 Å². The van der Waals surface area contributed by atoms with E-state index in [2.05, 4.69) is 41.0 Å². The highest BCUT2D eigenvalue weighted by atomic mass is 19.1. The SMILES string of the molecule is CC(C)c1nnc2ccc(-c3c(-c4ccc(F)cc4F)nn(CCO)c3N)nn12.CC(C)c1nnc2ccc(-c3c(-c4ccc(F)cc4F)nn4c3NCC4)nn12. The van der Waals surface area contributed by atoms with Gasteiger partial charge in [0, 0.05) is 41.6 Å². The van der Waals surface area contributed by atoms with Crippen LogP contribution in [0.25, 0.3) is 56.3 Å². The summed E-state index contributed by atoms with van der Waals surface area (Å²) in [6.07, 6.45) is 0. The lowest BCUT2D eigenvalue weighted by molar-refractivity contribution is 0.270. The van der Waals surface area contributed by atoms with Gasteiger partial charge in [0.25, 0.3) is 0 Å². The molecular formula is C38H36F4N14O. The molecule has 8 aromatic rings. The Morgan fingerprint density at radius 3 is 1.72 bits per heavy atom. The number of aliphatic hydroxyl groups excluding tert-OH is 1. The number of nitrogens with zero attached hydrogens (tertiary/aromatic N) is 12. The van der Waals surface area contributed by atoms with Gasteiger partial charge >= 0.3 is 0 Å². The first kappa shape index (κ1) is 37.2. The summed E-state index contributed by atoms with van der Waals surface area (Å²) in [5.74, 6) is -0.146. The normalized spacial score (nSPS) is 12.5. The number of halogens is 4. The van der Waals surface area contributed by atoms with Gasteiger partial charge in [-0.1, -0.05) is 27.7 Å². The van der Waals surface area contributed by atoms with Crippen molar-refractivity contribution in [1.82, 2.24) is 59.2 Å². The van der Waals surface area contributed by atoms with Crippen LogP contribution in [0.5, 0.6) is 0 Å². The maximum absolute atomic E-state index is 14.5. The molecule has 0 spiro atoms. The molecule has 15 nitrogen and oxygen atoms in total. The predicted molar refractivity (Wildman–Crippen MR) is 203 cm³/mol. The molecule has 0 saturated heterocycles. The molecule has 292 valence electrons. The average molecular weight is 781 g/mol. The van der Waals surface area contributed by atoms with Gasteiger partial charge < -0.3 is 16.2 Å². The fourth-order valence-corrected chi connectivity index (χ4v) is 6.66. The Kier molecular flexibility index (Phi) is 9.60. The molecule has 0 aliphatic carbocycles. The second kappa shape index (κ2) is 14.7. The van der Waals surface area contributed by atoms with Crippen molar-refractivity contribution < 1.29 is 22.7 Å². The summed E-state index contributed by atoms with van der Waals surface area (Å²) < 4.78 is 62.3. The second-order valence-electron chi connectivity index (χ2n) is 13.9. The Bertz CT molecular complexity index is 2790. The lowest BCUT2D eigenvalue weighted by Gasteiger charge is -2.08. The van der Waals surface area contributed by atoms with Gasteiger partial charge in [0.05, 0.1) is 42.2 Å². The topological polar surface area (TPSA) is 180 Å². The Hall–Kier alpha value is -6.76. The molecule has 1 aliphatic rings. The molecule has 0 bridgehead atoms. The number of fused-ring (bicyclic) bond motifs is 3. The largest absolute Gasteiger partial charge is 0.394 e. The second-order valence-corrected chi connectivity index (χ2v) is 13.9. The zero-order chi connectivity index (χ0) is 40.1. The summed E-state index contributed by atoms with van der Waals surface area (Å²) in [4.78, 5) is 0. The van der Waals surface area contributed by atoms with Gasteiger partial charge in [-0.3, -0.25) is 0 Å². The van der Waals surface area contributed by atoms with Crippen LogP contribution in [0, 0.1) is 23.3 Å². The van der Waals surface area contributed by atoms with E-state index in [1.54, 1.807) is 25.8 Å². The third-order valence-corrected chi connectivity index (χ3v) is 9.36. The van der Waals surface area contributed by atoms with Gasteiger partial charge in [0.2, 0.25) is 0 Å². The quantitative estimate of drug-likeness (QED) is 0.151. The molecule has 6 aromatic heterocycles. The number of nitrogens with one attached hydrogen (secondary N) is 1. The molecular weight excluding hydrogens is 745 g/mol. The molecule has 1 aliphatic heterocycles. The fourth-order valence-electron chi connectivity index (χ4n) is 6.66. The summed E-state index contributed by atoms with van der Waals surface area (Å²) in [6, 6.07) is 13.8. The molecule has 0 amide bonds. The number of aromatic nitrogens is 12. The van der Waals surface area contributed by atoms with Crippen molar-refractivity contribution in [2.75, 3.05) is 24.2 Å².